The van der Waals surface area contributed by atoms with E-state index in [1.54, 1.807) is 18.5 Å². The molecule has 6 nitrogen and oxygen atoms in total. The van der Waals surface area contributed by atoms with Gasteiger partial charge < -0.3 is 10.2 Å². The number of nitrogens with one attached hydrogen (secondary N) is 1. The SMILES string of the molecule is Cc1cncc(C(=O)Nc2cccc(CN3CCC(C(=O)N4CCC(F)(F)C4)CC3)c2)c1. The molecule has 1 aromatic heterocycles. The minimum absolute atomic E-state index is 0.128. The summed E-state index contributed by atoms with van der Waals surface area (Å²) in [5.74, 6) is -3.25. The number of hydrogen-bond donors (Lipinski definition) is 1. The molecule has 2 fully saturated rings. The van der Waals surface area contributed by atoms with Gasteiger partial charge in [-0.25, -0.2) is 8.78 Å². The van der Waals surface area contributed by atoms with Crippen LogP contribution in [0, 0.1) is 12.8 Å². The number of piperidine rings is 1. The maximum absolute atomic E-state index is 13.4. The third-order valence-corrected chi connectivity index (χ3v) is 6.15. The van der Waals surface area contributed by atoms with Gasteiger partial charge in [-0.2, -0.15) is 0 Å². The zero-order chi connectivity index (χ0) is 22.7. The summed E-state index contributed by atoms with van der Waals surface area (Å²) in [5.41, 5.74) is 3.22. The van der Waals surface area contributed by atoms with E-state index in [1.165, 1.54) is 4.90 Å². The molecular weight excluding hydrogens is 414 g/mol. The number of anilines is 1. The fraction of sp³-hybridized carbons (Fsp3) is 0.458. The van der Waals surface area contributed by atoms with Crippen molar-refractivity contribution in [2.24, 2.45) is 5.92 Å². The van der Waals surface area contributed by atoms with Crippen molar-refractivity contribution < 1.29 is 18.4 Å². The Bertz CT molecular complexity index is 989. The van der Waals surface area contributed by atoms with Crippen molar-refractivity contribution in [3.63, 3.8) is 0 Å². The minimum Gasteiger partial charge on any atom is -0.336 e. The molecule has 3 heterocycles. The van der Waals surface area contributed by atoms with Crippen LogP contribution in [0.3, 0.4) is 0 Å². The summed E-state index contributed by atoms with van der Waals surface area (Å²) in [6.45, 7) is 3.80. The number of rotatable bonds is 5. The van der Waals surface area contributed by atoms with Gasteiger partial charge in [-0.15, -0.1) is 0 Å². The van der Waals surface area contributed by atoms with Crippen LogP contribution < -0.4 is 5.32 Å². The molecule has 4 rings (SSSR count). The van der Waals surface area contributed by atoms with Crippen molar-refractivity contribution in [1.29, 1.82) is 0 Å². The summed E-state index contributed by atoms with van der Waals surface area (Å²) in [5, 5.41) is 2.91. The van der Waals surface area contributed by atoms with Gasteiger partial charge in [-0.3, -0.25) is 19.5 Å². The van der Waals surface area contributed by atoms with Gasteiger partial charge in [-0.1, -0.05) is 12.1 Å². The number of aryl methyl sites for hydroxylation is 1. The summed E-state index contributed by atoms with van der Waals surface area (Å²) >= 11 is 0. The number of nitrogens with zero attached hydrogens (tertiary/aromatic N) is 3. The summed E-state index contributed by atoms with van der Waals surface area (Å²) in [6.07, 6.45) is 4.37. The highest BCUT2D eigenvalue weighted by atomic mass is 19.3. The number of aromatic nitrogens is 1. The van der Waals surface area contributed by atoms with Crippen molar-refractivity contribution in [1.82, 2.24) is 14.8 Å². The van der Waals surface area contributed by atoms with Crippen molar-refractivity contribution in [2.75, 3.05) is 31.5 Å². The lowest BCUT2D eigenvalue weighted by molar-refractivity contribution is -0.137. The molecule has 1 N–H and O–H groups in total. The maximum atomic E-state index is 13.4. The van der Waals surface area contributed by atoms with Gasteiger partial charge in [0.1, 0.15) is 0 Å². The lowest BCUT2D eigenvalue weighted by atomic mass is 9.95. The second-order valence-electron chi connectivity index (χ2n) is 8.82. The van der Waals surface area contributed by atoms with Gasteiger partial charge >= 0.3 is 0 Å². The predicted octanol–water partition coefficient (Wildman–Crippen LogP) is 3.72. The fourth-order valence-electron chi connectivity index (χ4n) is 4.41. The first-order chi connectivity index (χ1) is 15.3. The number of pyridine rings is 1. The Morgan fingerprint density at radius 2 is 1.94 bits per heavy atom. The van der Waals surface area contributed by atoms with Crippen LogP contribution in [0.2, 0.25) is 0 Å². The number of carbonyl (C=O) groups is 2. The van der Waals surface area contributed by atoms with Gasteiger partial charge in [0.2, 0.25) is 5.91 Å². The molecule has 2 saturated heterocycles. The molecule has 170 valence electrons. The molecule has 0 spiro atoms. The molecule has 2 amide bonds. The molecule has 0 atom stereocenters. The zero-order valence-corrected chi connectivity index (χ0v) is 18.2. The summed E-state index contributed by atoms with van der Waals surface area (Å²) < 4.78 is 26.8. The number of likely N-dealkylation sites (tertiary alicyclic amines) is 2. The highest BCUT2D eigenvalue weighted by Crippen LogP contribution is 2.30. The third kappa shape index (κ3) is 5.48. The fourth-order valence-corrected chi connectivity index (χ4v) is 4.41. The van der Waals surface area contributed by atoms with E-state index in [-0.39, 0.29) is 30.7 Å². The molecule has 2 aliphatic rings. The van der Waals surface area contributed by atoms with Gasteiger partial charge in [0.15, 0.2) is 0 Å². The molecule has 2 aliphatic heterocycles. The Hall–Kier alpha value is -2.87. The number of alkyl halides is 2. The van der Waals surface area contributed by atoms with E-state index in [9.17, 15) is 18.4 Å². The second kappa shape index (κ2) is 9.32. The Labute approximate surface area is 186 Å². The Balaban J connectivity index is 1.29. The zero-order valence-electron chi connectivity index (χ0n) is 18.2. The summed E-state index contributed by atoms with van der Waals surface area (Å²) in [4.78, 5) is 32.7. The first-order valence-electron chi connectivity index (χ1n) is 11.0. The molecule has 0 saturated carbocycles. The normalized spacial score (nSPS) is 19.2. The van der Waals surface area contributed by atoms with Crippen LogP contribution in [0.5, 0.6) is 0 Å². The highest BCUT2D eigenvalue weighted by Gasteiger charge is 2.42. The molecule has 0 unspecified atom stereocenters. The van der Waals surface area contributed by atoms with Crippen LogP contribution in [0.25, 0.3) is 0 Å². The van der Waals surface area contributed by atoms with E-state index in [0.717, 1.165) is 24.2 Å². The maximum Gasteiger partial charge on any atom is 0.267 e. The van der Waals surface area contributed by atoms with E-state index in [0.29, 0.717) is 30.6 Å². The van der Waals surface area contributed by atoms with E-state index in [4.69, 9.17) is 0 Å². The van der Waals surface area contributed by atoms with Crippen LogP contribution in [-0.4, -0.2) is 58.7 Å². The topological polar surface area (TPSA) is 65.5 Å². The van der Waals surface area contributed by atoms with E-state index < -0.39 is 12.5 Å². The van der Waals surface area contributed by atoms with Crippen LogP contribution in [0.4, 0.5) is 14.5 Å². The van der Waals surface area contributed by atoms with E-state index in [2.05, 4.69) is 15.2 Å². The molecule has 0 bridgehead atoms. The van der Waals surface area contributed by atoms with Crippen molar-refractivity contribution in [2.45, 2.75) is 38.7 Å². The van der Waals surface area contributed by atoms with Crippen molar-refractivity contribution in [3.8, 4) is 0 Å². The number of amides is 2. The Morgan fingerprint density at radius 3 is 2.62 bits per heavy atom. The number of benzene rings is 1. The van der Waals surface area contributed by atoms with Crippen molar-refractivity contribution in [3.05, 3.63) is 59.4 Å². The lowest BCUT2D eigenvalue weighted by Crippen LogP contribution is -2.42. The first kappa shape index (κ1) is 22.3. The Morgan fingerprint density at radius 1 is 1.16 bits per heavy atom. The molecule has 32 heavy (non-hydrogen) atoms. The molecular formula is C24H28F2N4O2. The molecule has 2 aromatic rings. The average Bonchev–Trinajstić information content (AvgIpc) is 3.14. The van der Waals surface area contributed by atoms with Crippen molar-refractivity contribution >= 4 is 17.5 Å². The second-order valence-corrected chi connectivity index (χ2v) is 8.82. The van der Waals surface area contributed by atoms with Crippen LogP contribution >= 0.6 is 0 Å². The minimum atomic E-state index is -2.74. The molecule has 0 aliphatic carbocycles. The summed E-state index contributed by atoms with van der Waals surface area (Å²) in [7, 11) is 0. The van der Waals surface area contributed by atoms with Crippen LogP contribution in [-0.2, 0) is 11.3 Å². The number of hydrogen-bond acceptors (Lipinski definition) is 4. The van der Waals surface area contributed by atoms with E-state index in [1.807, 2.05) is 31.2 Å². The molecule has 8 heteroatoms. The van der Waals surface area contributed by atoms with Crippen LogP contribution in [0.15, 0.2) is 42.7 Å². The Kier molecular flexibility index (Phi) is 6.50. The monoisotopic (exact) mass is 442 g/mol. The number of carbonyl (C=O) groups excluding carboxylic acids is 2. The largest absolute Gasteiger partial charge is 0.336 e. The van der Waals surface area contributed by atoms with Gasteiger partial charge in [0.05, 0.1) is 12.1 Å². The van der Waals surface area contributed by atoms with Gasteiger partial charge in [0.25, 0.3) is 11.8 Å². The standard InChI is InChI=1S/C24H28F2N4O2/c1-17-11-20(14-27-13-17)22(31)28-21-4-2-3-18(12-21)15-29-8-5-19(6-9-29)23(32)30-10-7-24(25,26)16-30/h2-4,11-14,19H,5-10,15-16H2,1H3,(H,28,31). The highest BCUT2D eigenvalue weighted by molar-refractivity contribution is 6.04. The third-order valence-electron chi connectivity index (χ3n) is 6.15. The lowest BCUT2D eigenvalue weighted by Gasteiger charge is -2.33. The van der Waals surface area contributed by atoms with Gasteiger partial charge in [0, 0.05) is 43.5 Å². The number of halogens is 2. The van der Waals surface area contributed by atoms with E-state index >= 15 is 0 Å². The van der Waals surface area contributed by atoms with Gasteiger partial charge in [-0.05, 0) is 62.2 Å². The molecule has 0 radical (unpaired) electrons. The first-order valence-corrected chi connectivity index (χ1v) is 11.0. The van der Waals surface area contributed by atoms with Crippen LogP contribution in [0.1, 0.15) is 40.7 Å². The molecule has 1 aromatic carbocycles. The predicted molar refractivity (Wildman–Crippen MR) is 118 cm³/mol. The quantitative estimate of drug-likeness (QED) is 0.767. The summed E-state index contributed by atoms with van der Waals surface area (Å²) in [6, 6.07) is 9.50. The smallest absolute Gasteiger partial charge is 0.267 e. The average molecular weight is 443 g/mol.